The predicted molar refractivity (Wildman–Crippen MR) is 289 cm³/mol. The minimum absolute atomic E-state index is 0.0458. The maximum Gasteiger partial charge on any atom is 0.0647 e. The maximum absolute atomic E-state index is 5.50. The van der Waals surface area contributed by atoms with Crippen LogP contribution >= 0.6 is 0 Å². The zero-order valence-electron chi connectivity index (χ0n) is 35.0. The lowest BCUT2D eigenvalue weighted by Crippen LogP contribution is -2.38. The molecular weight excluding hydrogens is 833 g/mol. The minimum Gasteiger partial charge on any atom is -0.300 e. The Morgan fingerprint density at radius 2 is 0.522 bits per heavy atom. The SMILES string of the molecule is c1ccc(C2NC3c4c5c6c7c8c9c%10c%11c%12c(c%13c4c4c%14c5c5c6c6c8c8c%15c9c9c%11c%11c%12c%12c%13c%13c4c4c%14c%14c5c5c6c8c6c8c%15c9c9c%11c%11c%12c%13c%12c4c4c%14c5c6c5c8c9c%11c%12c45)C3C7%102)nc1. The molecule has 4 atom stereocenters. The monoisotopic (exact) mass is 840 g/mol. The summed E-state index contributed by atoms with van der Waals surface area (Å²) in [6.07, 6.45) is 2.10. The molecule has 0 bridgehead atoms. The minimum atomic E-state index is -0.316. The van der Waals surface area contributed by atoms with E-state index in [1.165, 1.54) is 5.69 Å². The van der Waals surface area contributed by atoms with Crippen molar-refractivity contribution >= 4 is 291 Å². The highest BCUT2D eigenvalue weighted by Crippen LogP contribution is 2.85. The van der Waals surface area contributed by atoms with E-state index in [9.17, 15) is 0 Å². The molecule has 69 heavy (non-hydrogen) atoms. The van der Waals surface area contributed by atoms with Crippen LogP contribution in [0.5, 0.6) is 0 Å². The van der Waals surface area contributed by atoms with Crippen molar-refractivity contribution in [2.75, 3.05) is 0 Å². The molecule has 0 amide bonds. The molecule has 4 unspecified atom stereocenters. The van der Waals surface area contributed by atoms with Gasteiger partial charge in [-0.1, -0.05) is 6.07 Å². The van der Waals surface area contributed by atoms with Gasteiger partial charge in [-0.05, 0) is 325 Å². The summed E-state index contributed by atoms with van der Waals surface area (Å²) < 4.78 is 0. The third-order valence-corrected chi connectivity index (χ3v) is 25.4. The summed E-state index contributed by atoms with van der Waals surface area (Å²) in [7, 11) is 0. The summed E-state index contributed by atoms with van der Waals surface area (Å²) in [5.41, 5.74) is 7.77. The second kappa shape index (κ2) is 5.69. The van der Waals surface area contributed by atoms with Crippen molar-refractivity contribution in [3.05, 3.63) is 52.3 Å². The first kappa shape index (κ1) is 25.1. The number of hydrogen-bond donors (Lipinski definition) is 1. The summed E-state index contributed by atoms with van der Waals surface area (Å²) in [4.78, 5) is 5.50. The highest BCUT2D eigenvalue weighted by molar-refractivity contribution is 6.82. The van der Waals surface area contributed by atoms with Gasteiger partial charge < -0.3 is 0 Å². The average Bonchev–Trinajstić information content (AvgIpc) is 4.22. The molecule has 1 aliphatic heterocycles. The first-order valence-corrected chi connectivity index (χ1v) is 25.9. The van der Waals surface area contributed by atoms with Crippen molar-refractivity contribution in [2.24, 2.45) is 0 Å². The topological polar surface area (TPSA) is 24.9 Å². The van der Waals surface area contributed by atoms with E-state index in [1.807, 2.05) is 0 Å². The van der Waals surface area contributed by atoms with E-state index in [2.05, 4.69) is 24.4 Å². The number of rotatable bonds is 1. The number of nitrogens with one attached hydrogen (secondary N) is 1. The maximum atomic E-state index is 5.50. The van der Waals surface area contributed by atoms with Crippen LogP contribution in [0.25, 0.3) is 291 Å². The second-order valence-corrected chi connectivity index (χ2v) is 25.5. The normalized spacial score (nSPS) is 23.8. The fourth-order valence-electron chi connectivity index (χ4n) is 25.4. The zero-order chi connectivity index (χ0) is 40.5. The highest BCUT2D eigenvalue weighted by Gasteiger charge is 2.69. The van der Waals surface area contributed by atoms with Crippen molar-refractivity contribution in [3.8, 4) is 0 Å². The molecule has 2 heteroatoms. The number of fused-ring (bicyclic) bond motifs is 4. The molecule has 4 aliphatic rings. The van der Waals surface area contributed by atoms with Gasteiger partial charge in [-0.15, -0.1) is 0 Å². The average molecular weight is 841 g/mol. The summed E-state index contributed by atoms with van der Waals surface area (Å²) in [5.74, 6) is 0.274. The van der Waals surface area contributed by atoms with Crippen LogP contribution in [0, 0.1) is 0 Å². The fourth-order valence-corrected chi connectivity index (χ4v) is 25.4. The van der Waals surface area contributed by atoms with Gasteiger partial charge in [0.15, 0.2) is 0 Å². The van der Waals surface area contributed by atoms with Gasteiger partial charge >= 0.3 is 0 Å². The second-order valence-electron chi connectivity index (χ2n) is 25.5. The smallest absolute Gasteiger partial charge is 0.0647 e. The van der Waals surface area contributed by atoms with E-state index in [4.69, 9.17) is 10.3 Å². The highest BCUT2D eigenvalue weighted by atomic mass is 15.1. The third-order valence-electron chi connectivity index (χ3n) is 25.4. The van der Waals surface area contributed by atoms with Gasteiger partial charge in [0.1, 0.15) is 0 Å². The van der Waals surface area contributed by atoms with Crippen LogP contribution in [0.15, 0.2) is 24.4 Å². The molecule has 2 heterocycles. The Kier molecular flexibility index (Phi) is 2.07. The van der Waals surface area contributed by atoms with E-state index in [1.54, 1.807) is 313 Å². The van der Waals surface area contributed by atoms with E-state index in [0.29, 0.717) is 0 Å². The van der Waals surface area contributed by atoms with Crippen LogP contribution < -0.4 is 5.32 Å². The van der Waals surface area contributed by atoms with Crippen LogP contribution in [0.4, 0.5) is 0 Å². The zero-order valence-corrected chi connectivity index (χ0v) is 35.0. The van der Waals surface area contributed by atoms with E-state index in [-0.39, 0.29) is 23.4 Å². The molecule has 1 fully saturated rings. The van der Waals surface area contributed by atoms with Crippen molar-refractivity contribution in [3.63, 3.8) is 0 Å². The lowest BCUT2D eigenvalue weighted by Gasteiger charge is -2.44. The summed E-state index contributed by atoms with van der Waals surface area (Å²) in [6.45, 7) is 0. The van der Waals surface area contributed by atoms with Gasteiger partial charge in [0.25, 0.3) is 0 Å². The fraction of sp³-hybridized carbons (Fsp3) is 0.0597. The number of benzene rings is 18. The Balaban J connectivity index is 1.20. The number of hydrogen-bond acceptors (Lipinski definition) is 2. The van der Waals surface area contributed by atoms with E-state index < -0.39 is 0 Å². The molecule has 1 saturated heterocycles. The molecule has 1 N–H and O–H groups in total. The van der Waals surface area contributed by atoms with Crippen molar-refractivity contribution in [1.82, 2.24) is 10.3 Å². The van der Waals surface area contributed by atoms with Gasteiger partial charge in [-0.3, -0.25) is 10.3 Å². The summed E-state index contributed by atoms with van der Waals surface area (Å²) in [6, 6.07) is 7.09. The van der Waals surface area contributed by atoms with Crippen LogP contribution in [-0.2, 0) is 5.41 Å². The standard InChI is InChI=1S/C67H8N2/c1-2-4-68-5(3-1)66-67-62-56-48-41-28-20-13-7-6-8-11-16(13)26(28)34-31-18(11)19-12(8)17-14-9(6)15-10(7)21-24(20)36-38-30(21)33-23(15)25-22(14)29-27(17)35-32(19)40-39(31)50(46(34)48)59(62)60-51(40)47(35)49-42(29)45-37(25)43(33)53-52(38)58(54(56)44(36)41)64(67)65(69-66)61(53)55(45)57(49)63(60)67/h1-4,64-66,69H. The first-order chi connectivity index (χ1) is 34.5. The van der Waals surface area contributed by atoms with Crippen LogP contribution in [0.2, 0.25) is 0 Å². The Bertz CT molecular complexity index is 7530. The molecule has 33 rings (SSSR count). The molecule has 28 aromatic carbocycles. The molecular formula is C67H8N2. The van der Waals surface area contributed by atoms with Crippen molar-refractivity contribution in [2.45, 2.75) is 23.4 Å². The van der Waals surface area contributed by atoms with Gasteiger partial charge in [-0.25, -0.2) is 0 Å². The van der Waals surface area contributed by atoms with Crippen LogP contribution in [0.1, 0.15) is 45.9 Å². The largest absolute Gasteiger partial charge is 0.300 e. The molecule has 1 aromatic heterocycles. The van der Waals surface area contributed by atoms with E-state index >= 15 is 0 Å². The lowest BCUT2D eigenvalue weighted by atomic mass is 9.56. The van der Waals surface area contributed by atoms with E-state index in [0.717, 1.165) is 0 Å². The Morgan fingerprint density at radius 1 is 0.275 bits per heavy atom. The van der Waals surface area contributed by atoms with Crippen molar-refractivity contribution < 1.29 is 0 Å². The summed E-state index contributed by atoms with van der Waals surface area (Å²) in [5, 5.41) is 94.3. The summed E-state index contributed by atoms with van der Waals surface area (Å²) >= 11 is 0. The third kappa shape index (κ3) is 1.34. The Morgan fingerprint density at radius 3 is 0.826 bits per heavy atom. The van der Waals surface area contributed by atoms with Crippen LogP contribution in [-0.4, -0.2) is 4.98 Å². The molecule has 3 aliphatic carbocycles. The number of nitrogens with zero attached hydrogens (tertiary/aromatic N) is 1. The van der Waals surface area contributed by atoms with Gasteiger partial charge in [0.2, 0.25) is 0 Å². The van der Waals surface area contributed by atoms with Crippen LogP contribution in [0.3, 0.4) is 0 Å². The Hall–Kier alpha value is -8.43. The van der Waals surface area contributed by atoms with Gasteiger partial charge in [0.05, 0.1) is 17.2 Å². The molecule has 0 saturated carbocycles. The first-order valence-electron chi connectivity index (χ1n) is 25.9. The molecule has 0 radical (unpaired) electrons. The molecule has 29 aromatic rings. The van der Waals surface area contributed by atoms with Gasteiger partial charge in [0, 0.05) is 18.2 Å². The quantitative estimate of drug-likeness (QED) is 0.167. The van der Waals surface area contributed by atoms with Gasteiger partial charge in [-0.2, -0.15) is 0 Å². The molecule has 2 nitrogen and oxygen atoms in total. The molecule has 286 valence electrons. The number of pyridine rings is 1. The Labute approximate surface area is 375 Å². The van der Waals surface area contributed by atoms with Crippen molar-refractivity contribution in [1.29, 1.82) is 0 Å². The lowest BCUT2D eigenvalue weighted by molar-refractivity contribution is 0.422. The molecule has 1 spiro atoms. The number of aromatic nitrogens is 1. The predicted octanol–water partition coefficient (Wildman–Crippen LogP) is 17.6.